The van der Waals surface area contributed by atoms with Crippen molar-refractivity contribution in [3.05, 3.63) is 70.0 Å². The molecule has 2 aromatic carbocycles. The van der Waals surface area contributed by atoms with Gasteiger partial charge in [-0.2, -0.15) is 0 Å². The Bertz CT molecular complexity index is 1300. The third kappa shape index (κ3) is 4.79. The zero-order valence-electron chi connectivity index (χ0n) is 22.3. The second-order valence-electron chi connectivity index (χ2n) is 9.89. The van der Waals surface area contributed by atoms with Gasteiger partial charge in [-0.25, -0.2) is 0 Å². The van der Waals surface area contributed by atoms with Crippen LogP contribution in [0.5, 0.6) is 23.0 Å². The highest BCUT2D eigenvalue weighted by Gasteiger charge is 2.43. The number of carbonyl (C=O) groups is 1. The van der Waals surface area contributed by atoms with Gasteiger partial charge in [-0.3, -0.25) is 4.79 Å². The number of rotatable bonds is 10. The van der Waals surface area contributed by atoms with Gasteiger partial charge < -0.3 is 18.9 Å². The molecule has 0 amide bonds. The Hall–Kier alpha value is -3.47. The number of ether oxygens (including phenoxy) is 4. The highest BCUT2D eigenvalue weighted by atomic mass is 16.5. The van der Waals surface area contributed by atoms with E-state index in [1.807, 2.05) is 49.4 Å². The third-order valence-electron chi connectivity index (χ3n) is 7.16. The van der Waals surface area contributed by atoms with Gasteiger partial charge >= 0.3 is 0 Å². The molecule has 2 aromatic rings. The van der Waals surface area contributed by atoms with E-state index in [-0.39, 0.29) is 5.78 Å². The van der Waals surface area contributed by atoms with Gasteiger partial charge in [0.05, 0.1) is 18.8 Å². The summed E-state index contributed by atoms with van der Waals surface area (Å²) in [5, 5.41) is 0. The van der Waals surface area contributed by atoms with E-state index in [1.165, 1.54) is 0 Å². The second kappa shape index (κ2) is 10.9. The quantitative estimate of drug-likeness (QED) is 0.313. The average Bonchev–Trinajstić information content (AvgIpc) is 2.90. The minimum Gasteiger partial charge on any atom is -0.493 e. The molecule has 1 atom stereocenters. The highest BCUT2D eigenvalue weighted by molar-refractivity contribution is 6.20. The molecule has 5 nitrogen and oxygen atoms in total. The molecule has 0 saturated carbocycles. The molecule has 5 heteroatoms. The predicted molar refractivity (Wildman–Crippen MR) is 146 cm³/mol. The SMILES string of the molecule is CCCCOc1ccc2c(c1)OC1=C(CCC)[C@H]3Oc4cc(OCCCC)ccc4C(C)=C3C(=O)C1=C2. The van der Waals surface area contributed by atoms with Gasteiger partial charge in [0.1, 0.15) is 28.8 Å². The second-order valence-corrected chi connectivity index (χ2v) is 9.89. The van der Waals surface area contributed by atoms with Crippen molar-refractivity contribution in [2.24, 2.45) is 0 Å². The van der Waals surface area contributed by atoms with Gasteiger partial charge in [0.25, 0.3) is 0 Å². The van der Waals surface area contributed by atoms with Crippen LogP contribution < -0.4 is 18.9 Å². The van der Waals surface area contributed by atoms with Gasteiger partial charge in [0.15, 0.2) is 11.9 Å². The molecule has 0 aromatic heterocycles. The predicted octanol–water partition coefficient (Wildman–Crippen LogP) is 7.69. The van der Waals surface area contributed by atoms with Crippen molar-refractivity contribution in [2.45, 2.75) is 72.3 Å². The molecule has 0 spiro atoms. The van der Waals surface area contributed by atoms with Crippen molar-refractivity contribution in [3.63, 3.8) is 0 Å². The van der Waals surface area contributed by atoms with Gasteiger partial charge in [-0.1, -0.05) is 40.0 Å². The highest BCUT2D eigenvalue weighted by Crippen LogP contribution is 2.48. The molecule has 0 saturated heterocycles. The van der Waals surface area contributed by atoms with Crippen LogP contribution in [0.25, 0.3) is 11.6 Å². The van der Waals surface area contributed by atoms with Crippen molar-refractivity contribution in [3.8, 4) is 23.0 Å². The fraction of sp³-hybridized carbons (Fsp3) is 0.406. The number of ketones is 1. The molecular formula is C32H36O5. The first-order valence-corrected chi connectivity index (χ1v) is 13.6. The summed E-state index contributed by atoms with van der Waals surface area (Å²) >= 11 is 0. The van der Waals surface area contributed by atoms with Gasteiger partial charge in [0.2, 0.25) is 0 Å². The lowest BCUT2D eigenvalue weighted by Crippen LogP contribution is -2.38. The van der Waals surface area contributed by atoms with Crippen LogP contribution in [-0.4, -0.2) is 25.1 Å². The maximum Gasteiger partial charge on any atom is 0.197 e. The van der Waals surface area contributed by atoms with E-state index in [1.54, 1.807) is 0 Å². The van der Waals surface area contributed by atoms with Crippen LogP contribution >= 0.6 is 0 Å². The van der Waals surface area contributed by atoms with Crippen LogP contribution in [0.2, 0.25) is 0 Å². The zero-order chi connectivity index (χ0) is 25.9. The number of hydrogen-bond donors (Lipinski definition) is 0. The number of Topliss-reactive ketones (excluding diaryl/α,β-unsaturated/α-hetero) is 1. The number of carbonyl (C=O) groups excluding carboxylic acids is 1. The van der Waals surface area contributed by atoms with E-state index in [4.69, 9.17) is 18.9 Å². The molecule has 1 aliphatic carbocycles. The van der Waals surface area contributed by atoms with E-state index in [0.717, 1.165) is 78.0 Å². The van der Waals surface area contributed by atoms with Crippen molar-refractivity contribution in [2.75, 3.05) is 13.2 Å². The normalized spacial score (nSPS) is 17.7. The van der Waals surface area contributed by atoms with Gasteiger partial charge in [0, 0.05) is 34.4 Å². The Labute approximate surface area is 219 Å². The summed E-state index contributed by atoms with van der Waals surface area (Å²) in [5.41, 5.74) is 5.09. The standard InChI is InChI=1S/C32H36O5/c1-5-8-15-34-22-12-11-21-17-26-30(33)29-20(4)24-14-13-23(35-16-9-6-2)19-28(24)37-32(29)25(10-7-3)31(26)36-27(21)18-22/h11-14,17-19,32H,5-10,15-16H2,1-4H3/t32-/m1/s1. The van der Waals surface area contributed by atoms with Crippen LogP contribution in [0.3, 0.4) is 0 Å². The molecule has 2 heterocycles. The Morgan fingerprint density at radius 2 is 1.54 bits per heavy atom. The maximum atomic E-state index is 13.9. The molecule has 194 valence electrons. The number of allylic oxidation sites excluding steroid dienone is 2. The van der Waals surface area contributed by atoms with E-state index < -0.39 is 6.10 Å². The Morgan fingerprint density at radius 1 is 0.865 bits per heavy atom. The first-order chi connectivity index (χ1) is 18.0. The molecule has 0 unspecified atom stereocenters. The molecule has 5 rings (SSSR count). The van der Waals surface area contributed by atoms with Crippen LogP contribution in [0.4, 0.5) is 0 Å². The van der Waals surface area contributed by atoms with Crippen LogP contribution in [0.1, 0.15) is 77.3 Å². The maximum absolute atomic E-state index is 13.9. The largest absolute Gasteiger partial charge is 0.493 e. The average molecular weight is 501 g/mol. The van der Waals surface area contributed by atoms with Gasteiger partial charge in [-0.05, 0) is 62.1 Å². The lowest BCUT2D eigenvalue weighted by Gasteiger charge is -2.37. The number of unbranched alkanes of at least 4 members (excludes halogenated alkanes) is 2. The van der Waals surface area contributed by atoms with Crippen molar-refractivity contribution in [1.29, 1.82) is 0 Å². The number of hydrogen-bond acceptors (Lipinski definition) is 5. The Morgan fingerprint density at radius 3 is 2.22 bits per heavy atom. The summed E-state index contributed by atoms with van der Waals surface area (Å²) in [6.07, 6.45) is 7.33. The lowest BCUT2D eigenvalue weighted by atomic mass is 9.77. The first kappa shape index (κ1) is 25.2. The van der Waals surface area contributed by atoms with Crippen molar-refractivity contribution < 1.29 is 23.7 Å². The Kier molecular flexibility index (Phi) is 7.40. The summed E-state index contributed by atoms with van der Waals surface area (Å²) in [4.78, 5) is 13.9. The first-order valence-electron chi connectivity index (χ1n) is 13.6. The summed E-state index contributed by atoms with van der Waals surface area (Å²) in [6, 6.07) is 11.7. The van der Waals surface area contributed by atoms with E-state index in [9.17, 15) is 4.79 Å². The smallest absolute Gasteiger partial charge is 0.197 e. The number of fused-ring (bicyclic) bond motifs is 4. The van der Waals surface area contributed by atoms with E-state index in [2.05, 4.69) is 20.8 Å². The minimum absolute atomic E-state index is 0.0276. The summed E-state index contributed by atoms with van der Waals surface area (Å²) in [5.74, 6) is 3.62. The fourth-order valence-corrected chi connectivity index (χ4v) is 5.11. The van der Waals surface area contributed by atoms with Gasteiger partial charge in [-0.15, -0.1) is 0 Å². The molecule has 2 aliphatic heterocycles. The fourth-order valence-electron chi connectivity index (χ4n) is 5.11. The summed E-state index contributed by atoms with van der Waals surface area (Å²) in [6.45, 7) is 9.79. The van der Waals surface area contributed by atoms with Crippen molar-refractivity contribution >= 4 is 17.4 Å². The van der Waals surface area contributed by atoms with E-state index >= 15 is 0 Å². The molecule has 0 N–H and O–H groups in total. The van der Waals surface area contributed by atoms with Crippen LogP contribution in [-0.2, 0) is 4.79 Å². The minimum atomic E-state index is -0.469. The topological polar surface area (TPSA) is 54.0 Å². The summed E-state index contributed by atoms with van der Waals surface area (Å²) in [7, 11) is 0. The Balaban J connectivity index is 1.54. The van der Waals surface area contributed by atoms with E-state index in [0.29, 0.717) is 35.9 Å². The molecule has 0 bridgehead atoms. The molecule has 0 fully saturated rings. The third-order valence-corrected chi connectivity index (χ3v) is 7.16. The summed E-state index contributed by atoms with van der Waals surface area (Å²) < 4.78 is 24.9. The molecule has 0 radical (unpaired) electrons. The zero-order valence-corrected chi connectivity index (χ0v) is 22.3. The number of benzene rings is 2. The van der Waals surface area contributed by atoms with Crippen LogP contribution in [0, 0.1) is 0 Å². The molecular weight excluding hydrogens is 464 g/mol. The van der Waals surface area contributed by atoms with Crippen LogP contribution in [0.15, 0.2) is 58.9 Å². The monoisotopic (exact) mass is 500 g/mol. The molecule has 37 heavy (non-hydrogen) atoms. The molecule has 3 aliphatic rings. The lowest BCUT2D eigenvalue weighted by molar-refractivity contribution is -0.113. The van der Waals surface area contributed by atoms with Crippen molar-refractivity contribution in [1.82, 2.24) is 0 Å².